The van der Waals surface area contributed by atoms with Crippen molar-refractivity contribution in [2.45, 2.75) is 18.5 Å². The molecule has 7 heteroatoms. The van der Waals surface area contributed by atoms with Gasteiger partial charge in [0.05, 0.1) is 0 Å². The Labute approximate surface area is 115 Å². The van der Waals surface area contributed by atoms with Crippen LogP contribution >= 0.6 is 0 Å². The molecule has 1 aromatic heterocycles. The van der Waals surface area contributed by atoms with E-state index in [0.717, 1.165) is 6.54 Å². The number of nitrogens with zero attached hydrogens (tertiary/aromatic N) is 2. The van der Waals surface area contributed by atoms with Crippen molar-refractivity contribution in [3.63, 3.8) is 0 Å². The fourth-order valence-electron chi connectivity index (χ4n) is 2.71. The van der Waals surface area contributed by atoms with Gasteiger partial charge in [-0.05, 0) is 19.0 Å². The van der Waals surface area contributed by atoms with E-state index in [2.05, 4.69) is 10.6 Å². The SMILES string of the molecule is O=C1NC2(CCNC2)C(=O)N1CCn1ccccc1=O. The molecule has 2 aliphatic heterocycles. The van der Waals surface area contributed by atoms with Crippen LogP contribution in [0.15, 0.2) is 29.2 Å². The summed E-state index contributed by atoms with van der Waals surface area (Å²) >= 11 is 0. The molecule has 0 aliphatic carbocycles. The number of amides is 3. The van der Waals surface area contributed by atoms with Gasteiger partial charge in [-0.2, -0.15) is 0 Å². The van der Waals surface area contributed by atoms with Crippen molar-refractivity contribution in [1.82, 2.24) is 20.1 Å². The lowest BCUT2D eigenvalue weighted by molar-refractivity contribution is -0.130. The first kappa shape index (κ1) is 12.9. The summed E-state index contributed by atoms with van der Waals surface area (Å²) in [6.45, 7) is 1.70. The fourth-order valence-corrected chi connectivity index (χ4v) is 2.71. The van der Waals surface area contributed by atoms with E-state index in [4.69, 9.17) is 0 Å². The number of imide groups is 1. The standard InChI is InChI=1S/C13H16N4O3/c18-10-3-1-2-6-16(10)7-8-17-11(19)13(15-12(17)20)4-5-14-9-13/h1-3,6,14H,4-5,7-9H2,(H,15,20). The highest BCUT2D eigenvalue weighted by Crippen LogP contribution is 2.23. The smallest absolute Gasteiger partial charge is 0.322 e. The van der Waals surface area contributed by atoms with Crippen molar-refractivity contribution in [2.24, 2.45) is 0 Å². The molecule has 1 spiro atoms. The highest BCUT2D eigenvalue weighted by Gasteiger charge is 2.52. The maximum absolute atomic E-state index is 12.4. The molecule has 20 heavy (non-hydrogen) atoms. The third kappa shape index (κ3) is 2.00. The van der Waals surface area contributed by atoms with Gasteiger partial charge in [-0.15, -0.1) is 0 Å². The topological polar surface area (TPSA) is 83.4 Å². The number of rotatable bonds is 3. The van der Waals surface area contributed by atoms with Gasteiger partial charge in [-0.3, -0.25) is 14.5 Å². The lowest BCUT2D eigenvalue weighted by Crippen LogP contribution is -2.48. The number of hydrogen-bond donors (Lipinski definition) is 2. The molecule has 2 N–H and O–H groups in total. The van der Waals surface area contributed by atoms with E-state index in [1.165, 1.54) is 15.5 Å². The van der Waals surface area contributed by atoms with Crippen molar-refractivity contribution < 1.29 is 9.59 Å². The molecule has 0 aromatic carbocycles. The molecule has 106 valence electrons. The highest BCUT2D eigenvalue weighted by atomic mass is 16.2. The van der Waals surface area contributed by atoms with Crippen LogP contribution in [-0.2, 0) is 11.3 Å². The first-order valence-corrected chi connectivity index (χ1v) is 6.63. The summed E-state index contributed by atoms with van der Waals surface area (Å²) in [5, 5.41) is 5.86. The van der Waals surface area contributed by atoms with Crippen molar-refractivity contribution in [3.05, 3.63) is 34.7 Å². The van der Waals surface area contributed by atoms with Crippen LogP contribution in [0.4, 0.5) is 4.79 Å². The van der Waals surface area contributed by atoms with Crippen LogP contribution in [0, 0.1) is 0 Å². The molecule has 2 saturated heterocycles. The molecule has 0 saturated carbocycles. The number of carbonyl (C=O) groups excluding carboxylic acids is 2. The third-order valence-electron chi connectivity index (χ3n) is 3.86. The maximum Gasteiger partial charge on any atom is 0.325 e. The Kier molecular flexibility index (Phi) is 3.06. The van der Waals surface area contributed by atoms with Crippen LogP contribution in [0.2, 0.25) is 0 Å². The second-order valence-electron chi connectivity index (χ2n) is 5.13. The number of aromatic nitrogens is 1. The highest BCUT2D eigenvalue weighted by molar-refractivity contribution is 6.07. The van der Waals surface area contributed by atoms with Crippen molar-refractivity contribution >= 4 is 11.9 Å². The van der Waals surface area contributed by atoms with Gasteiger partial charge in [0.1, 0.15) is 5.54 Å². The lowest BCUT2D eigenvalue weighted by atomic mass is 9.99. The first-order valence-electron chi connectivity index (χ1n) is 6.63. The van der Waals surface area contributed by atoms with Crippen LogP contribution < -0.4 is 16.2 Å². The first-order chi connectivity index (χ1) is 9.62. The average Bonchev–Trinajstić information content (AvgIpc) is 2.98. The summed E-state index contributed by atoms with van der Waals surface area (Å²) in [6, 6.07) is 4.48. The predicted octanol–water partition coefficient (Wildman–Crippen LogP) is -0.868. The van der Waals surface area contributed by atoms with E-state index in [9.17, 15) is 14.4 Å². The Morgan fingerprint density at radius 1 is 1.20 bits per heavy atom. The zero-order chi connectivity index (χ0) is 14.2. The van der Waals surface area contributed by atoms with E-state index in [1.807, 2.05) is 0 Å². The monoisotopic (exact) mass is 276 g/mol. The van der Waals surface area contributed by atoms with E-state index in [-0.39, 0.29) is 24.0 Å². The Hall–Kier alpha value is -2.15. The van der Waals surface area contributed by atoms with Crippen LogP contribution in [0.3, 0.4) is 0 Å². The minimum absolute atomic E-state index is 0.142. The quantitative estimate of drug-likeness (QED) is 0.703. The molecule has 3 rings (SSSR count). The van der Waals surface area contributed by atoms with Crippen molar-refractivity contribution in [1.29, 1.82) is 0 Å². The average molecular weight is 276 g/mol. The number of nitrogens with one attached hydrogen (secondary N) is 2. The fraction of sp³-hybridized carbons (Fsp3) is 0.462. The van der Waals surface area contributed by atoms with Gasteiger partial charge < -0.3 is 15.2 Å². The molecule has 2 fully saturated rings. The van der Waals surface area contributed by atoms with Gasteiger partial charge in [0, 0.05) is 31.9 Å². The summed E-state index contributed by atoms with van der Waals surface area (Å²) in [5.41, 5.74) is -0.921. The minimum atomic E-state index is -0.779. The summed E-state index contributed by atoms with van der Waals surface area (Å²) in [4.78, 5) is 37.1. The number of hydrogen-bond acceptors (Lipinski definition) is 4. The number of urea groups is 1. The zero-order valence-corrected chi connectivity index (χ0v) is 11.0. The van der Waals surface area contributed by atoms with Crippen molar-refractivity contribution in [2.75, 3.05) is 19.6 Å². The minimum Gasteiger partial charge on any atom is -0.322 e. The second-order valence-corrected chi connectivity index (χ2v) is 5.13. The van der Waals surface area contributed by atoms with E-state index < -0.39 is 5.54 Å². The van der Waals surface area contributed by atoms with Crippen LogP contribution in [0.1, 0.15) is 6.42 Å². The van der Waals surface area contributed by atoms with E-state index >= 15 is 0 Å². The molecule has 1 unspecified atom stereocenters. The Morgan fingerprint density at radius 2 is 2.05 bits per heavy atom. The molecule has 7 nitrogen and oxygen atoms in total. The molecule has 0 radical (unpaired) electrons. The van der Waals surface area contributed by atoms with Crippen LogP contribution in [0.25, 0.3) is 0 Å². The normalized spacial score (nSPS) is 25.5. The largest absolute Gasteiger partial charge is 0.325 e. The molecule has 1 atom stereocenters. The summed E-state index contributed by atoms with van der Waals surface area (Å²) < 4.78 is 1.48. The van der Waals surface area contributed by atoms with E-state index in [1.54, 1.807) is 18.3 Å². The van der Waals surface area contributed by atoms with Gasteiger partial charge in [0.15, 0.2) is 0 Å². The third-order valence-corrected chi connectivity index (χ3v) is 3.86. The maximum atomic E-state index is 12.4. The lowest BCUT2D eigenvalue weighted by Gasteiger charge is -2.19. The molecule has 3 heterocycles. The van der Waals surface area contributed by atoms with Crippen LogP contribution in [-0.4, -0.2) is 46.6 Å². The number of carbonyl (C=O) groups is 2. The Bertz CT molecular complexity index is 604. The molecular formula is C13H16N4O3. The molecule has 1 aromatic rings. The summed E-state index contributed by atoms with van der Waals surface area (Å²) in [6.07, 6.45) is 2.26. The molecule has 0 bridgehead atoms. The van der Waals surface area contributed by atoms with E-state index in [0.29, 0.717) is 19.5 Å². The molecular weight excluding hydrogens is 260 g/mol. The second kappa shape index (κ2) is 4.75. The van der Waals surface area contributed by atoms with Gasteiger partial charge in [0.2, 0.25) is 0 Å². The van der Waals surface area contributed by atoms with Gasteiger partial charge in [0.25, 0.3) is 11.5 Å². The predicted molar refractivity (Wildman–Crippen MR) is 71.2 cm³/mol. The molecule has 3 amide bonds. The Balaban J connectivity index is 1.72. The summed E-state index contributed by atoms with van der Waals surface area (Å²) in [5.74, 6) is -0.198. The number of pyridine rings is 1. The van der Waals surface area contributed by atoms with Crippen LogP contribution in [0.5, 0.6) is 0 Å². The van der Waals surface area contributed by atoms with Crippen molar-refractivity contribution in [3.8, 4) is 0 Å². The molecule has 2 aliphatic rings. The van der Waals surface area contributed by atoms with Gasteiger partial charge in [-0.1, -0.05) is 6.07 Å². The van der Waals surface area contributed by atoms with Gasteiger partial charge in [-0.25, -0.2) is 4.79 Å². The van der Waals surface area contributed by atoms with Gasteiger partial charge >= 0.3 is 6.03 Å². The summed E-state index contributed by atoms with van der Waals surface area (Å²) in [7, 11) is 0. The Morgan fingerprint density at radius 3 is 2.75 bits per heavy atom. The zero-order valence-electron chi connectivity index (χ0n) is 11.0.